The number of pyridine rings is 1. The molecule has 1 heterocycles. The summed E-state index contributed by atoms with van der Waals surface area (Å²) in [5, 5.41) is 20.7. The zero-order chi connectivity index (χ0) is 18.3. The van der Waals surface area contributed by atoms with Gasteiger partial charge in [0.1, 0.15) is 11.5 Å². The topological polar surface area (TPSA) is 62.5 Å². The molecule has 0 radical (unpaired) electrons. The lowest BCUT2D eigenvalue weighted by atomic mass is 9.99. The van der Waals surface area contributed by atoms with E-state index in [0.29, 0.717) is 16.5 Å². The van der Waals surface area contributed by atoms with Crippen LogP contribution in [0.3, 0.4) is 0 Å². The van der Waals surface area contributed by atoms with Gasteiger partial charge in [0.15, 0.2) is 0 Å². The summed E-state index contributed by atoms with van der Waals surface area (Å²) in [7, 11) is 0. The predicted octanol–water partition coefficient (Wildman–Crippen LogP) is 4.38. The molecule has 0 aliphatic heterocycles. The average molecular weight is 343 g/mol. The molecule has 0 bridgehead atoms. The molecule has 0 aliphatic rings. The summed E-state index contributed by atoms with van der Waals surface area (Å²) in [5.74, 6) is 0.263. The number of aryl methyl sites for hydroxylation is 1. The Morgan fingerprint density at radius 3 is 2.12 bits per heavy atom. The Morgan fingerprint density at radius 1 is 0.769 bits per heavy atom. The number of benzene rings is 3. The molecule has 4 nitrogen and oxygen atoms in total. The zero-order valence-corrected chi connectivity index (χ0v) is 14.2. The summed E-state index contributed by atoms with van der Waals surface area (Å²) in [4.78, 5) is 13.0. The summed E-state index contributed by atoms with van der Waals surface area (Å²) >= 11 is 0. The summed E-state index contributed by atoms with van der Waals surface area (Å²) in [5.41, 5.74) is 3.44. The summed E-state index contributed by atoms with van der Waals surface area (Å²) in [6, 6.07) is 19.3. The van der Waals surface area contributed by atoms with E-state index in [0.717, 1.165) is 16.7 Å². The van der Waals surface area contributed by atoms with E-state index in [4.69, 9.17) is 0 Å². The number of rotatable bonds is 2. The molecule has 0 unspecified atom stereocenters. The van der Waals surface area contributed by atoms with Crippen molar-refractivity contribution in [2.45, 2.75) is 6.92 Å². The fourth-order valence-electron chi connectivity index (χ4n) is 3.10. The Kier molecular flexibility index (Phi) is 3.73. The van der Waals surface area contributed by atoms with Gasteiger partial charge in [-0.15, -0.1) is 0 Å². The third-order valence-corrected chi connectivity index (χ3v) is 4.49. The molecule has 0 aliphatic carbocycles. The highest BCUT2D eigenvalue weighted by Crippen LogP contribution is 2.30. The number of phenolic OH excluding ortho intramolecular Hbond substituents is 2. The van der Waals surface area contributed by atoms with Crippen LogP contribution >= 0.6 is 0 Å². The Morgan fingerprint density at radius 2 is 1.42 bits per heavy atom. The molecule has 3 aromatic carbocycles. The van der Waals surface area contributed by atoms with Crippen LogP contribution in [0.2, 0.25) is 0 Å². The zero-order valence-electron chi connectivity index (χ0n) is 14.2. The monoisotopic (exact) mass is 343 g/mol. The van der Waals surface area contributed by atoms with Crippen molar-refractivity contribution < 1.29 is 10.2 Å². The highest BCUT2D eigenvalue weighted by Gasteiger charge is 2.12. The normalized spacial score (nSPS) is 11.0. The van der Waals surface area contributed by atoms with Crippen LogP contribution in [0.5, 0.6) is 11.5 Å². The second kappa shape index (κ2) is 6.08. The van der Waals surface area contributed by atoms with Gasteiger partial charge in [0.2, 0.25) is 0 Å². The van der Waals surface area contributed by atoms with Crippen LogP contribution in [0.25, 0.3) is 27.6 Å². The fraction of sp³-hybridized carbons (Fsp3) is 0.0455. The first-order valence-electron chi connectivity index (χ1n) is 8.28. The van der Waals surface area contributed by atoms with E-state index in [9.17, 15) is 15.0 Å². The van der Waals surface area contributed by atoms with Crippen molar-refractivity contribution in [1.82, 2.24) is 4.57 Å². The average Bonchev–Trinajstić information content (AvgIpc) is 2.64. The van der Waals surface area contributed by atoms with Gasteiger partial charge in [0, 0.05) is 28.2 Å². The minimum absolute atomic E-state index is 0.118. The molecular formula is C22H17NO3. The number of nitrogens with zero attached hydrogens (tertiary/aromatic N) is 1. The van der Waals surface area contributed by atoms with Crippen molar-refractivity contribution in [1.29, 1.82) is 0 Å². The van der Waals surface area contributed by atoms with E-state index in [1.165, 1.54) is 6.07 Å². The largest absolute Gasteiger partial charge is 0.508 e. The van der Waals surface area contributed by atoms with Gasteiger partial charge in [-0.2, -0.15) is 0 Å². The summed E-state index contributed by atoms with van der Waals surface area (Å²) < 4.78 is 1.56. The Balaban J connectivity index is 2.07. The molecule has 26 heavy (non-hydrogen) atoms. The highest BCUT2D eigenvalue weighted by atomic mass is 16.3. The maximum Gasteiger partial charge on any atom is 0.262 e. The van der Waals surface area contributed by atoms with Crippen LogP contribution in [-0.2, 0) is 0 Å². The molecule has 4 rings (SSSR count). The molecule has 0 saturated heterocycles. The summed E-state index contributed by atoms with van der Waals surface area (Å²) in [6.45, 7) is 2.02. The maximum atomic E-state index is 13.0. The van der Waals surface area contributed by atoms with E-state index in [2.05, 4.69) is 0 Å². The smallest absolute Gasteiger partial charge is 0.262 e. The van der Waals surface area contributed by atoms with E-state index < -0.39 is 0 Å². The van der Waals surface area contributed by atoms with Crippen molar-refractivity contribution >= 4 is 10.8 Å². The lowest BCUT2D eigenvalue weighted by molar-refractivity contribution is 0.475. The first kappa shape index (κ1) is 16.0. The Labute approximate surface area is 150 Å². The standard InChI is InChI=1S/C22H17NO3/c1-14-2-4-15(5-3-14)21-13-23(16-6-8-17(24)9-7-16)22(26)19-11-10-18(25)12-20(19)21/h2-13,24-25H,1H3. The minimum Gasteiger partial charge on any atom is -0.508 e. The molecule has 0 atom stereocenters. The first-order chi connectivity index (χ1) is 12.5. The van der Waals surface area contributed by atoms with Crippen molar-refractivity contribution in [3.8, 4) is 28.3 Å². The first-order valence-corrected chi connectivity index (χ1v) is 8.28. The lowest BCUT2D eigenvalue weighted by Crippen LogP contribution is -2.18. The lowest BCUT2D eigenvalue weighted by Gasteiger charge is -2.13. The van der Waals surface area contributed by atoms with Crippen molar-refractivity contribution in [3.63, 3.8) is 0 Å². The molecule has 128 valence electrons. The molecule has 4 heteroatoms. The molecule has 4 aromatic rings. The van der Waals surface area contributed by atoms with Gasteiger partial charge in [-0.1, -0.05) is 29.8 Å². The van der Waals surface area contributed by atoms with Crippen molar-refractivity contribution in [2.24, 2.45) is 0 Å². The molecule has 0 spiro atoms. The molecule has 0 fully saturated rings. The molecular weight excluding hydrogens is 326 g/mol. The number of hydrogen-bond acceptors (Lipinski definition) is 3. The number of aromatic nitrogens is 1. The Hall–Kier alpha value is -3.53. The van der Waals surface area contributed by atoms with E-state index in [1.54, 1.807) is 47.2 Å². The van der Waals surface area contributed by atoms with Gasteiger partial charge >= 0.3 is 0 Å². The van der Waals surface area contributed by atoms with E-state index >= 15 is 0 Å². The SMILES string of the molecule is Cc1ccc(-c2cn(-c3ccc(O)cc3)c(=O)c3ccc(O)cc23)cc1. The second-order valence-corrected chi connectivity index (χ2v) is 6.33. The molecule has 0 amide bonds. The fourth-order valence-corrected chi connectivity index (χ4v) is 3.10. The van der Waals surface area contributed by atoms with E-state index in [1.807, 2.05) is 31.2 Å². The van der Waals surface area contributed by atoms with Gasteiger partial charge in [0.25, 0.3) is 5.56 Å². The van der Waals surface area contributed by atoms with Crippen molar-refractivity contribution in [2.75, 3.05) is 0 Å². The maximum absolute atomic E-state index is 13.0. The third-order valence-electron chi connectivity index (χ3n) is 4.49. The predicted molar refractivity (Wildman–Crippen MR) is 103 cm³/mol. The van der Waals surface area contributed by atoms with Crippen LogP contribution in [0.15, 0.2) is 77.7 Å². The number of aromatic hydroxyl groups is 2. The number of fused-ring (bicyclic) bond motifs is 1. The van der Waals surface area contributed by atoms with Crippen LogP contribution in [0.4, 0.5) is 0 Å². The summed E-state index contributed by atoms with van der Waals surface area (Å²) in [6.07, 6.45) is 1.78. The van der Waals surface area contributed by atoms with E-state index in [-0.39, 0.29) is 17.1 Å². The van der Waals surface area contributed by atoms with Crippen LogP contribution in [0, 0.1) is 6.92 Å². The van der Waals surface area contributed by atoms with Gasteiger partial charge in [0.05, 0.1) is 0 Å². The number of hydrogen-bond donors (Lipinski definition) is 2. The van der Waals surface area contributed by atoms with Crippen molar-refractivity contribution in [3.05, 3.63) is 88.8 Å². The van der Waals surface area contributed by atoms with Gasteiger partial charge in [-0.05, 0) is 55.0 Å². The highest BCUT2D eigenvalue weighted by molar-refractivity contribution is 5.96. The second-order valence-electron chi connectivity index (χ2n) is 6.33. The minimum atomic E-state index is -0.179. The quantitative estimate of drug-likeness (QED) is 0.568. The molecule has 0 saturated carbocycles. The third kappa shape index (κ3) is 2.71. The Bertz CT molecular complexity index is 1160. The van der Waals surface area contributed by atoms with Gasteiger partial charge < -0.3 is 10.2 Å². The van der Waals surface area contributed by atoms with Gasteiger partial charge in [-0.25, -0.2) is 0 Å². The van der Waals surface area contributed by atoms with Gasteiger partial charge in [-0.3, -0.25) is 9.36 Å². The van der Waals surface area contributed by atoms with Crippen LogP contribution in [-0.4, -0.2) is 14.8 Å². The van der Waals surface area contributed by atoms with Crippen LogP contribution in [0.1, 0.15) is 5.56 Å². The molecule has 1 aromatic heterocycles. The van der Waals surface area contributed by atoms with Crippen LogP contribution < -0.4 is 5.56 Å². The number of phenols is 2. The molecule has 2 N–H and O–H groups in total.